The van der Waals surface area contributed by atoms with E-state index in [1.807, 2.05) is 48.5 Å². The molecule has 0 aromatic heterocycles. The van der Waals surface area contributed by atoms with Crippen molar-refractivity contribution in [1.29, 1.82) is 0 Å². The number of rotatable bonds is 8. The van der Waals surface area contributed by atoms with Crippen LogP contribution in [0.2, 0.25) is 0 Å². The summed E-state index contributed by atoms with van der Waals surface area (Å²) in [5, 5.41) is 3.10. The Labute approximate surface area is 214 Å². The lowest BCUT2D eigenvalue weighted by Crippen LogP contribution is -2.39. The predicted molar refractivity (Wildman–Crippen MR) is 143 cm³/mol. The van der Waals surface area contributed by atoms with Crippen molar-refractivity contribution >= 4 is 5.91 Å². The van der Waals surface area contributed by atoms with E-state index in [1.54, 1.807) is 0 Å². The number of amides is 1. The Balaban J connectivity index is 1.01. The lowest BCUT2D eigenvalue weighted by Gasteiger charge is -2.32. The van der Waals surface area contributed by atoms with Gasteiger partial charge in [-0.2, -0.15) is 0 Å². The third-order valence-electron chi connectivity index (χ3n) is 7.27. The van der Waals surface area contributed by atoms with Crippen LogP contribution in [0.25, 0.3) is 0 Å². The van der Waals surface area contributed by atoms with Crippen molar-refractivity contribution in [1.82, 2.24) is 10.2 Å². The minimum atomic E-state index is -0.221. The first-order valence-electron chi connectivity index (χ1n) is 13.3. The van der Waals surface area contributed by atoms with Crippen LogP contribution in [0, 0.1) is 0 Å². The van der Waals surface area contributed by atoms with Crippen molar-refractivity contribution in [2.75, 3.05) is 19.6 Å². The maximum absolute atomic E-state index is 12.5. The molecule has 2 heterocycles. The molecule has 5 heteroatoms. The number of nitrogens with one attached hydrogen (secondary N) is 1. The molecule has 0 saturated carbocycles. The van der Waals surface area contributed by atoms with Crippen molar-refractivity contribution in [3.8, 4) is 17.2 Å². The number of ether oxygens (including phenoxy) is 2. The number of likely N-dealkylation sites (tertiary alicyclic amines) is 1. The maximum Gasteiger partial charge on any atom is 0.222 e. The summed E-state index contributed by atoms with van der Waals surface area (Å²) in [6, 6.07) is 26.6. The Morgan fingerprint density at radius 1 is 0.889 bits per heavy atom. The summed E-state index contributed by atoms with van der Waals surface area (Å²) in [7, 11) is 0. The predicted octanol–water partition coefficient (Wildman–Crippen LogP) is 6.30. The number of piperidine rings is 1. The monoisotopic (exact) mass is 484 g/mol. The largest absolute Gasteiger partial charge is 0.470 e. The van der Waals surface area contributed by atoms with E-state index in [-0.39, 0.29) is 12.1 Å². The molecule has 2 aliphatic rings. The number of fused-ring (bicyclic) bond motifs is 1. The molecule has 1 saturated heterocycles. The van der Waals surface area contributed by atoms with Gasteiger partial charge >= 0.3 is 0 Å². The van der Waals surface area contributed by atoms with E-state index in [2.05, 4.69) is 40.5 Å². The molecule has 1 unspecified atom stereocenters. The fourth-order valence-corrected chi connectivity index (χ4v) is 5.25. The Morgan fingerprint density at radius 3 is 2.42 bits per heavy atom. The number of hydrogen-bond acceptors (Lipinski definition) is 4. The molecule has 3 aromatic carbocycles. The van der Waals surface area contributed by atoms with Crippen molar-refractivity contribution in [3.63, 3.8) is 0 Å². The summed E-state index contributed by atoms with van der Waals surface area (Å²) >= 11 is 0. The highest BCUT2D eigenvalue weighted by Crippen LogP contribution is 2.30. The molecule has 1 fully saturated rings. The molecule has 5 nitrogen and oxygen atoms in total. The summed E-state index contributed by atoms with van der Waals surface area (Å²) < 4.78 is 12.0. The molecule has 1 N–H and O–H groups in total. The van der Waals surface area contributed by atoms with Crippen LogP contribution in [0.5, 0.6) is 17.2 Å². The van der Waals surface area contributed by atoms with Crippen LogP contribution in [0.15, 0.2) is 78.9 Å². The lowest BCUT2D eigenvalue weighted by molar-refractivity contribution is -0.123. The van der Waals surface area contributed by atoms with Crippen molar-refractivity contribution < 1.29 is 14.3 Å². The molecule has 3 aromatic rings. The highest BCUT2D eigenvalue weighted by molar-refractivity contribution is 5.76. The molecule has 2 aliphatic heterocycles. The van der Waals surface area contributed by atoms with Gasteiger partial charge in [-0.3, -0.25) is 4.79 Å². The zero-order chi connectivity index (χ0) is 24.6. The van der Waals surface area contributed by atoms with Gasteiger partial charge in [0.05, 0.1) is 0 Å². The first kappa shape index (κ1) is 24.4. The Hall–Kier alpha value is -3.31. The summed E-state index contributed by atoms with van der Waals surface area (Å²) in [6.07, 6.45) is 6.40. The Morgan fingerprint density at radius 2 is 1.61 bits per heavy atom. The van der Waals surface area contributed by atoms with Gasteiger partial charge in [0.15, 0.2) is 6.23 Å². The van der Waals surface area contributed by atoms with Crippen LogP contribution in [0.3, 0.4) is 0 Å². The number of aryl methyl sites for hydroxylation is 1. The number of carbonyl (C=O) groups is 1. The number of para-hydroxylation sites is 2. The molecule has 1 atom stereocenters. The van der Waals surface area contributed by atoms with Crippen LogP contribution in [0.4, 0.5) is 0 Å². The van der Waals surface area contributed by atoms with E-state index in [0.717, 1.165) is 75.4 Å². The highest BCUT2D eigenvalue weighted by atomic mass is 16.5. The van der Waals surface area contributed by atoms with Crippen molar-refractivity contribution in [3.05, 3.63) is 90.0 Å². The number of nitrogens with zero attached hydrogens (tertiary/aromatic N) is 1. The second-order valence-electron chi connectivity index (χ2n) is 9.88. The fourth-order valence-electron chi connectivity index (χ4n) is 5.25. The Bertz CT molecular complexity index is 1110. The van der Waals surface area contributed by atoms with E-state index in [4.69, 9.17) is 9.47 Å². The van der Waals surface area contributed by atoms with Gasteiger partial charge in [-0.05, 0) is 99.1 Å². The van der Waals surface area contributed by atoms with Crippen molar-refractivity contribution in [2.45, 2.75) is 57.1 Å². The molecule has 1 amide bonds. The van der Waals surface area contributed by atoms with Gasteiger partial charge in [-0.1, -0.05) is 48.5 Å². The SMILES string of the molecule is O=C(CCCN1CCC(c2ccc(Oc3ccccc3)cc2)CC1)NC1CCCc2ccccc2O1. The molecule has 0 bridgehead atoms. The molecule has 0 spiro atoms. The molecule has 36 heavy (non-hydrogen) atoms. The van der Waals surface area contributed by atoms with Crippen LogP contribution in [-0.4, -0.2) is 36.7 Å². The molecular formula is C31H36N2O3. The van der Waals surface area contributed by atoms with E-state index >= 15 is 0 Å². The standard InChI is InChI=1S/C31H36N2O3/c34-30(32-31-14-6-9-26-8-4-5-12-29(26)36-31)13-7-21-33-22-19-25(20-23-33)24-15-17-28(18-16-24)35-27-10-2-1-3-11-27/h1-5,8,10-12,15-18,25,31H,6-7,9,13-14,19-23H2,(H,32,34). The fraction of sp³-hybridized carbons (Fsp3) is 0.387. The van der Waals surface area contributed by atoms with E-state index in [0.29, 0.717) is 12.3 Å². The quantitative estimate of drug-likeness (QED) is 0.408. The average molecular weight is 485 g/mol. The molecule has 0 radical (unpaired) electrons. The number of benzene rings is 3. The van der Waals surface area contributed by atoms with Crippen LogP contribution < -0.4 is 14.8 Å². The smallest absolute Gasteiger partial charge is 0.222 e. The molecule has 0 aliphatic carbocycles. The minimum absolute atomic E-state index is 0.0899. The van der Waals surface area contributed by atoms with Gasteiger partial charge in [0, 0.05) is 12.8 Å². The normalized spacial score (nSPS) is 18.5. The first-order chi connectivity index (χ1) is 17.7. The van der Waals surface area contributed by atoms with Gasteiger partial charge in [0.2, 0.25) is 5.91 Å². The summed E-state index contributed by atoms with van der Waals surface area (Å²) in [5.74, 6) is 3.32. The molecule has 188 valence electrons. The van der Waals surface area contributed by atoms with Gasteiger partial charge < -0.3 is 19.7 Å². The third kappa shape index (κ3) is 6.67. The molecular weight excluding hydrogens is 448 g/mol. The van der Waals surface area contributed by atoms with Crippen molar-refractivity contribution in [2.24, 2.45) is 0 Å². The first-order valence-corrected chi connectivity index (χ1v) is 13.3. The van der Waals surface area contributed by atoms with Gasteiger partial charge in [-0.25, -0.2) is 0 Å². The zero-order valence-corrected chi connectivity index (χ0v) is 20.9. The number of carbonyl (C=O) groups excluding carboxylic acids is 1. The highest BCUT2D eigenvalue weighted by Gasteiger charge is 2.22. The third-order valence-corrected chi connectivity index (χ3v) is 7.27. The van der Waals surface area contributed by atoms with Crippen LogP contribution >= 0.6 is 0 Å². The second kappa shape index (κ2) is 12.1. The van der Waals surface area contributed by atoms with Gasteiger partial charge in [0.1, 0.15) is 17.2 Å². The lowest BCUT2D eigenvalue weighted by atomic mass is 9.89. The number of hydrogen-bond donors (Lipinski definition) is 1. The van der Waals surface area contributed by atoms with E-state index < -0.39 is 0 Å². The van der Waals surface area contributed by atoms with Crippen LogP contribution in [0.1, 0.15) is 55.6 Å². The van der Waals surface area contributed by atoms with Crippen LogP contribution in [-0.2, 0) is 11.2 Å². The topological polar surface area (TPSA) is 50.8 Å². The zero-order valence-electron chi connectivity index (χ0n) is 20.9. The average Bonchev–Trinajstić information content (AvgIpc) is 3.12. The maximum atomic E-state index is 12.5. The second-order valence-corrected chi connectivity index (χ2v) is 9.88. The van der Waals surface area contributed by atoms with E-state index in [9.17, 15) is 4.79 Å². The van der Waals surface area contributed by atoms with Gasteiger partial charge in [0.25, 0.3) is 0 Å². The summed E-state index contributed by atoms with van der Waals surface area (Å²) in [5.41, 5.74) is 2.62. The summed E-state index contributed by atoms with van der Waals surface area (Å²) in [6.45, 7) is 3.13. The summed E-state index contributed by atoms with van der Waals surface area (Å²) in [4.78, 5) is 15.0. The minimum Gasteiger partial charge on any atom is -0.470 e. The van der Waals surface area contributed by atoms with Gasteiger partial charge in [-0.15, -0.1) is 0 Å². The Kier molecular flexibility index (Phi) is 8.19. The van der Waals surface area contributed by atoms with E-state index in [1.165, 1.54) is 11.1 Å². The molecule has 5 rings (SSSR count).